The number of pyridine rings is 1. The predicted molar refractivity (Wildman–Crippen MR) is 92.6 cm³/mol. The number of nitrogens with two attached hydrogens (primary N) is 1. The fourth-order valence-electron chi connectivity index (χ4n) is 2.77. The molecule has 0 saturated heterocycles. The molecule has 0 bridgehead atoms. The van der Waals surface area contributed by atoms with E-state index in [-0.39, 0.29) is 11.5 Å². The summed E-state index contributed by atoms with van der Waals surface area (Å²) in [4.78, 5) is 32.1. The van der Waals surface area contributed by atoms with Gasteiger partial charge in [-0.2, -0.15) is 18.2 Å². The Kier molecular flexibility index (Phi) is 5.04. The predicted octanol–water partition coefficient (Wildman–Crippen LogP) is 2.04. The molecule has 1 aromatic heterocycles. The van der Waals surface area contributed by atoms with Crippen LogP contribution in [0.4, 0.5) is 13.2 Å². The fourth-order valence-corrected chi connectivity index (χ4v) is 2.77. The van der Waals surface area contributed by atoms with Crippen molar-refractivity contribution in [2.75, 3.05) is 7.11 Å². The lowest BCUT2D eigenvalue weighted by Crippen LogP contribution is -2.25. The highest BCUT2D eigenvalue weighted by Gasteiger charge is 2.39. The Labute approximate surface area is 157 Å². The lowest BCUT2D eigenvalue weighted by molar-refractivity contribution is -0.169. The second-order valence-corrected chi connectivity index (χ2v) is 6.04. The number of aromatic nitrogens is 1. The Morgan fingerprint density at radius 3 is 2.75 bits per heavy atom. The van der Waals surface area contributed by atoms with Gasteiger partial charge in [0.2, 0.25) is 5.88 Å². The number of benzene rings is 1. The van der Waals surface area contributed by atoms with Crippen molar-refractivity contribution in [2.45, 2.75) is 19.3 Å². The number of carbonyl (C=O) groups is 2. The Morgan fingerprint density at radius 1 is 1.32 bits per heavy atom. The summed E-state index contributed by atoms with van der Waals surface area (Å²) in [5.74, 6) is -2.79. The fraction of sp³-hybridized carbons (Fsp3) is 0.222. The highest BCUT2D eigenvalue weighted by molar-refractivity contribution is 6.07. The molecule has 146 valence electrons. The van der Waals surface area contributed by atoms with Gasteiger partial charge in [0.05, 0.1) is 7.11 Å². The molecule has 1 aliphatic heterocycles. The number of alkyl halides is 3. The molecule has 1 aromatic carbocycles. The number of fused-ring (bicyclic) bond motifs is 1. The normalized spacial score (nSPS) is 14.2. The smallest absolute Gasteiger partial charge is 0.473 e. The number of nitrogens with zero attached hydrogens (tertiary/aromatic N) is 3. The molecule has 0 aliphatic carbocycles. The van der Waals surface area contributed by atoms with Crippen molar-refractivity contribution in [1.29, 1.82) is 0 Å². The van der Waals surface area contributed by atoms with Gasteiger partial charge in [-0.05, 0) is 23.3 Å². The van der Waals surface area contributed by atoms with Gasteiger partial charge >= 0.3 is 12.1 Å². The molecule has 2 amide bonds. The van der Waals surface area contributed by atoms with Gasteiger partial charge in [-0.15, -0.1) is 0 Å². The quantitative estimate of drug-likeness (QED) is 0.634. The first kappa shape index (κ1) is 19.3. The van der Waals surface area contributed by atoms with Crippen molar-refractivity contribution in [3.63, 3.8) is 0 Å². The Balaban J connectivity index is 1.81. The molecule has 10 heteroatoms. The number of ether oxygens (including phenoxy) is 1. The number of rotatable bonds is 4. The molecule has 3 rings (SSSR count). The van der Waals surface area contributed by atoms with Gasteiger partial charge in [-0.3, -0.25) is 9.59 Å². The summed E-state index contributed by atoms with van der Waals surface area (Å²) in [6.45, 7) is 0.634. The van der Waals surface area contributed by atoms with Gasteiger partial charge in [0.1, 0.15) is 5.84 Å². The van der Waals surface area contributed by atoms with Crippen LogP contribution in [0.25, 0.3) is 0 Å². The Hall–Kier alpha value is -3.43. The number of methoxy groups -OCH3 is 1. The van der Waals surface area contributed by atoms with Crippen LogP contribution in [-0.4, -0.2) is 40.8 Å². The average Bonchev–Trinajstić information content (AvgIpc) is 2.96. The van der Waals surface area contributed by atoms with Crippen LogP contribution in [0.2, 0.25) is 0 Å². The maximum absolute atomic E-state index is 12.7. The van der Waals surface area contributed by atoms with E-state index >= 15 is 0 Å². The van der Waals surface area contributed by atoms with Gasteiger partial charge in [0.15, 0.2) is 0 Å². The van der Waals surface area contributed by atoms with Crippen molar-refractivity contribution in [3.8, 4) is 5.88 Å². The maximum atomic E-state index is 12.7. The Morgan fingerprint density at radius 2 is 2.07 bits per heavy atom. The third-order valence-corrected chi connectivity index (χ3v) is 4.13. The lowest BCUT2D eigenvalue weighted by atomic mass is 10.1. The first-order valence-electron chi connectivity index (χ1n) is 8.06. The van der Waals surface area contributed by atoms with Crippen LogP contribution in [0.5, 0.6) is 5.88 Å². The van der Waals surface area contributed by atoms with E-state index in [2.05, 4.69) is 9.98 Å². The number of amidine groups is 1. The van der Waals surface area contributed by atoms with Crippen LogP contribution in [0, 0.1) is 0 Å². The van der Waals surface area contributed by atoms with Gasteiger partial charge in [0.25, 0.3) is 5.91 Å². The summed E-state index contributed by atoms with van der Waals surface area (Å²) in [5, 5.41) is 0. The van der Waals surface area contributed by atoms with Crippen LogP contribution in [0.1, 0.15) is 27.0 Å². The number of halogens is 3. The first-order chi connectivity index (χ1) is 13.2. The van der Waals surface area contributed by atoms with E-state index in [1.54, 1.807) is 29.3 Å². The highest BCUT2D eigenvalue weighted by atomic mass is 19.4. The van der Waals surface area contributed by atoms with Gasteiger partial charge in [-0.25, -0.2) is 4.98 Å². The molecule has 2 heterocycles. The number of hydrogen-bond acceptors (Lipinski definition) is 4. The molecule has 1 aliphatic rings. The zero-order valence-electron chi connectivity index (χ0n) is 14.7. The van der Waals surface area contributed by atoms with Crippen LogP contribution in [-0.2, 0) is 17.9 Å². The number of aliphatic imine (C=N–C) groups is 1. The molecule has 2 aromatic rings. The Bertz CT molecular complexity index is 973. The molecule has 0 saturated carbocycles. The summed E-state index contributed by atoms with van der Waals surface area (Å²) in [6.07, 6.45) is -3.55. The van der Waals surface area contributed by atoms with Crippen molar-refractivity contribution >= 4 is 17.6 Å². The minimum atomic E-state index is -5.11. The van der Waals surface area contributed by atoms with E-state index in [4.69, 9.17) is 10.5 Å². The molecule has 0 fully saturated rings. The SMILES string of the molecule is COc1cc(CN2Cc3ccc(C(N)=NC(=O)C(F)(F)F)cc3C2=O)ccn1. The standard InChI is InChI=1S/C18H15F3N4O3/c1-28-14-6-10(4-5-23-14)8-25-9-12-3-2-11(7-13(12)16(25)26)15(22)24-17(27)18(19,20)21/h2-7H,8-9H2,1H3,(H2,22,24,27). The third-order valence-electron chi connectivity index (χ3n) is 4.13. The summed E-state index contributed by atoms with van der Waals surface area (Å²) in [5.41, 5.74) is 7.38. The van der Waals surface area contributed by atoms with Crippen molar-refractivity contribution in [1.82, 2.24) is 9.88 Å². The second-order valence-electron chi connectivity index (χ2n) is 6.04. The van der Waals surface area contributed by atoms with Crippen molar-refractivity contribution in [2.24, 2.45) is 10.7 Å². The van der Waals surface area contributed by atoms with Gasteiger partial charge < -0.3 is 15.4 Å². The van der Waals surface area contributed by atoms with Crippen molar-refractivity contribution in [3.05, 3.63) is 58.8 Å². The molecule has 0 atom stereocenters. The summed E-state index contributed by atoms with van der Waals surface area (Å²) in [6, 6.07) is 7.80. The van der Waals surface area contributed by atoms with E-state index in [0.29, 0.717) is 30.1 Å². The zero-order chi connectivity index (χ0) is 20.5. The zero-order valence-corrected chi connectivity index (χ0v) is 14.7. The van der Waals surface area contributed by atoms with E-state index in [0.717, 1.165) is 5.56 Å². The van der Waals surface area contributed by atoms with E-state index < -0.39 is 17.9 Å². The topological polar surface area (TPSA) is 97.9 Å². The van der Waals surface area contributed by atoms with E-state index in [9.17, 15) is 22.8 Å². The first-order valence-corrected chi connectivity index (χ1v) is 8.06. The van der Waals surface area contributed by atoms with Crippen molar-refractivity contribution < 1.29 is 27.5 Å². The number of hydrogen-bond donors (Lipinski definition) is 1. The monoisotopic (exact) mass is 392 g/mol. The molecule has 28 heavy (non-hydrogen) atoms. The van der Waals surface area contributed by atoms with E-state index in [1.807, 2.05) is 0 Å². The molecule has 0 unspecified atom stereocenters. The molecular weight excluding hydrogens is 377 g/mol. The van der Waals surface area contributed by atoms with Crippen LogP contribution < -0.4 is 10.5 Å². The minimum Gasteiger partial charge on any atom is -0.481 e. The van der Waals surface area contributed by atoms with Crippen LogP contribution in [0.15, 0.2) is 41.5 Å². The average molecular weight is 392 g/mol. The summed E-state index contributed by atoms with van der Waals surface area (Å²) in [7, 11) is 1.49. The van der Waals surface area contributed by atoms with Crippen LogP contribution in [0.3, 0.4) is 0 Å². The maximum Gasteiger partial charge on any atom is 0.473 e. The highest BCUT2D eigenvalue weighted by Crippen LogP contribution is 2.26. The number of amides is 2. The van der Waals surface area contributed by atoms with Gasteiger partial charge in [0, 0.05) is 36.5 Å². The lowest BCUT2D eigenvalue weighted by Gasteiger charge is -2.15. The third kappa shape index (κ3) is 3.95. The number of carbonyl (C=O) groups excluding carboxylic acids is 2. The molecule has 0 radical (unpaired) electrons. The second kappa shape index (κ2) is 7.29. The van der Waals surface area contributed by atoms with Gasteiger partial charge in [-0.1, -0.05) is 12.1 Å². The van der Waals surface area contributed by atoms with E-state index in [1.165, 1.54) is 19.2 Å². The molecule has 7 nitrogen and oxygen atoms in total. The van der Waals surface area contributed by atoms with Crippen LogP contribution >= 0.6 is 0 Å². The largest absolute Gasteiger partial charge is 0.481 e. The summed E-state index contributed by atoms with van der Waals surface area (Å²) >= 11 is 0. The molecule has 0 spiro atoms. The minimum absolute atomic E-state index is 0.0668. The summed E-state index contributed by atoms with van der Waals surface area (Å²) < 4.78 is 42.1. The molecular formula is C18H15F3N4O3. The molecule has 2 N–H and O–H groups in total.